The average molecular weight is 253 g/mol. The fourth-order valence-electron chi connectivity index (χ4n) is 3.12. The van der Waals surface area contributed by atoms with Crippen molar-refractivity contribution in [1.29, 1.82) is 0 Å². The molecule has 4 nitrogen and oxygen atoms in total. The van der Waals surface area contributed by atoms with E-state index >= 15 is 0 Å². The molecule has 2 heterocycles. The Morgan fingerprint density at radius 3 is 2.50 bits per heavy atom. The number of hydrogen-bond acceptors (Lipinski definition) is 3. The molecule has 2 fully saturated rings. The van der Waals surface area contributed by atoms with Crippen LogP contribution in [-0.4, -0.2) is 49.1 Å². The van der Waals surface area contributed by atoms with E-state index in [2.05, 4.69) is 36.4 Å². The van der Waals surface area contributed by atoms with E-state index in [1.165, 1.54) is 25.7 Å². The van der Waals surface area contributed by atoms with Gasteiger partial charge >= 0.3 is 0 Å². The molecule has 0 aromatic rings. The van der Waals surface area contributed by atoms with Gasteiger partial charge in [-0.15, -0.1) is 0 Å². The monoisotopic (exact) mass is 253 g/mol. The van der Waals surface area contributed by atoms with Gasteiger partial charge in [0.1, 0.15) is 0 Å². The molecule has 2 saturated heterocycles. The minimum Gasteiger partial charge on any atom is -0.355 e. The topological polar surface area (TPSA) is 44.4 Å². The molecule has 0 saturated carbocycles. The first kappa shape index (κ1) is 13.8. The standard InChI is InChI=1S/C14H27N3O/c1-10(2)8-15-14(18)9-17(3)13-6-11-4-5-12(7-13)16-11/h10-13,16H,4-9H2,1-3H3,(H,15,18). The average Bonchev–Trinajstić information content (AvgIpc) is 2.65. The molecule has 104 valence electrons. The molecule has 1 amide bonds. The molecular formula is C14H27N3O. The van der Waals surface area contributed by atoms with Gasteiger partial charge in [0, 0.05) is 24.7 Å². The lowest BCUT2D eigenvalue weighted by atomic mass is 9.98. The lowest BCUT2D eigenvalue weighted by molar-refractivity contribution is -0.122. The number of carbonyl (C=O) groups is 1. The highest BCUT2D eigenvalue weighted by atomic mass is 16.2. The molecule has 0 spiro atoms. The fraction of sp³-hybridized carbons (Fsp3) is 0.929. The summed E-state index contributed by atoms with van der Waals surface area (Å²) in [6, 6.07) is 1.96. The number of carbonyl (C=O) groups excluding carboxylic acids is 1. The van der Waals surface area contributed by atoms with Crippen molar-refractivity contribution >= 4 is 5.91 Å². The Bertz CT molecular complexity index is 281. The van der Waals surface area contributed by atoms with E-state index in [4.69, 9.17) is 0 Å². The minimum absolute atomic E-state index is 0.164. The normalized spacial score (nSPS) is 31.1. The van der Waals surface area contributed by atoms with Crippen molar-refractivity contribution in [2.45, 2.75) is 57.7 Å². The van der Waals surface area contributed by atoms with Gasteiger partial charge in [-0.3, -0.25) is 9.69 Å². The second-order valence-corrected chi connectivity index (χ2v) is 6.38. The molecule has 2 aliphatic heterocycles. The summed E-state index contributed by atoms with van der Waals surface area (Å²) in [6.45, 7) is 5.56. The third kappa shape index (κ3) is 3.69. The molecule has 2 bridgehead atoms. The lowest BCUT2D eigenvalue weighted by Crippen LogP contribution is -2.49. The molecule has 0 radical (unpaired) electrons. The van der Waals surface area contributed by atoms with Crippen LogP contribution in [0.2, 0.25) is 0 Å². The van der Waals surface area contributed by atoms with Crippen LogP contribution >= 0.6 is 0 Å². The molecule has 0 aromatic heterocycles. The summed E-state index contributed by atoms with van der Waals surface area (Å²) in [5.74, 6) is 0.686. The molecule has 2 unspecified atom stereocenters. The zero-order valence-corrected chi connectivity index (χ0v) is 11.9. The van der Waals surface area contributed by atoms with Crippen LogP contribution in [0, 0.1) is 5.92 Å². The summed E-state index contributed by atoms with van der Waals surface area (Å²) in [6.07, 6.45) is 5.03. The first-order valence-electron chi connectivity index (χ1n) is 7.27. The van der Waals surface area contributed by atoms with Crippen molar-refractivity contribution < 1.29 is 4.79 Å². The number of likely N-dealkylation sites (N-methyl/N-ethyl adjacent to an activating group) is 1. The van der Waals surface area contributed by atoms with Gasteiger partial charge in [-0.2, -0.15) is 0 Å². The van der Waals surface area contributed by atoms with Gasteiger partial charge in [-0.05, 0) is 38.6 Å². The van der Waals surface area contributed by atoms with E-state index in [9.17, 15) is 4.79 Å². The number of amides is 1. The van der Waals surface area contributed by atoms with Crippen LogP contribution in [-0.2, 0) is 4.79 Å². The third-order valence-corrected chi connectivity index (χ3v) is 4.17. The molecule has 18 heavy (non-hydrogen) atoms. The Morgan fingerprint density at radius 2 is 1.94 bits per heavy atom. The molecule has 0 aromatic carbocycles. The summed E-state index contributed by atoms with van der Waals surface area (Å²) < 4.78 is 0. The van der Waals surface area contributed by atoms with E-state index in [0.717, 1.165) is 6.54 Å². The summed E-state index contributed by atoms with van der Waals surface area (Å²) in [4.78, 5) is 14.0. The van der Waals surface area contributed by atoms with Crippen molar-refractivity contribution in [1.82, 2.24) is 15.5 Å². The van der Waals surface area contributed by atoms with Crippen LogP contribution in [0.15, 0.2) is 0 Å². The number of nitrogens with zero attached hydrogens (tertiary/aromatic N) is 1. The zero-order chi connectivity index (χ0) is 13.1. The molecular weight excluding hydrogens is 226 g/mol. The molecule has 2 aliphatic rings. The smallest absolute Gasteiger partial charge is 0.234 e. The Morgan fingerprint density at radius 1 is 1.33 bits per heavy atom. The van der Waals surface area contributed by atoms with Gasteiger partial charge in [0.25, 0.3) is 0 Å². The Kier molecular flexibility index (Phi) is 4.62. The molecule has 2 atom stereocenters. The number of hydrogen-bond donors (Lipinski definition) is 2. The third-order valence-electron chi connectivity index (χ3n) is 4.17. The molecule has 0 aliphatic carbocycles. The highest BCUT2D eigenvalue weighted by Crippen LogP contribution is 2.28. The second kappa shape index (κ2) is 6.02. The Hall–Kier alpha value is -0.610. The van der Waals surface area contributed by atoms with Gasteiger partial charge in [-0.25, -0.2) is 0 Å². The Labute approximate surface area is 110 Å². The van der Waals surface area contributed by atoms with Crippen LogP contribution in [0.4, 0.5) is 0 Å². The van der Waals surface area contributed by atoms with Crippen molar-refractivity contribution in [3.05, 3.63) is 0 Å². The lowest BCUT2D eigenvalue weighted by Gasteiger charge is -2.35. The van der Waals surface area contributed by atoms with Gasteiger partial charge in [0.05, 0.1) is 6.54 Å². The van der Waals surface area contributed by atoms with E-state index in [1.807, 2.05) is 0 Å². The van der Waals surface area contributed by atoms with E-state index in [-0.39, 0.29) is 5.91 Å². The fourth-order valence-corrected chi connectivity index (χ4v) is 3.12. The highest BCUT2D eigenvalue weighted by Gasteiger charge is 2.35. The minimum atomic E-state index is 0.164. The van der Waals surface area contributed by atoms with Crippen LogP contribution in [0.5, 0.6) is 0 Å². The van der Waals surface area contributed by atoms with Crippen molar-refractivity contribution in [2.75, 3.05) is 20.1 Å². The largest absolute Gasteiger partial charge is 0.355 e. The summed E-state index contributed by atoms with van der Waals surface area (Å²) >= 11 is 0. The van der Waals surface area contributed by atoms with Crippen molar-refractivity contribution in [2.24, 2.45) is 5.92 Å². The van der Waals surface area contributed by atoms with Gasteiger partial charge in [-0.1, -0.05) is 13.8 Å². The SMILES string of the molecule is CC(C)CNC(=O)CN(C)C1CC2CCC(C1)N2. The quantitative estimate of drug-likeness (QED) is 0.767. The Balaban J connectivity index is 1.74. The van der Waals surface area contributed by atoms with E-state index in [0.29, 0.717) is 30.6 Å². The molecule has 4 heteroatoms. The number of nitrogens with one attached hydrogen (secondary N) is 2. The first-order chi connectivity index (χ1) is 8.54. The van der Waals surface area contributed by atoms with Crippen LogP contribution in [0.25, 0.3) is 0 Å². The summed E-state index contributed by atoms with van der Waals surface area (Å²) in [5, 5.41) is 6.64. The number of piperidine rings is 1. The van der Waals surface area contributed by atoms with Crippen LogP contribution in [0.3, 0.4) is 0 Å². The van der Waals surface area contributed by atoms with E-state index in [1.54, 1.807) is 0 Å². The van der Waals surface area contributed by atoms with Gasteiger partial charge < -0.3 is 10.6 Å². The van der Waals surface area contributed by atoms with Crippen molar-refractivity contribution in [3.63, 3.8) is 0 Å². The summed E-state index contributed by atoms with van der Waals surface area (Å²) in [7, 11) is 2.09. The predicted octanol–water partition coefficient (Wildman–Crippen LogP) is 0.973. The maximum atomic E-state index is 11.8. The van der Waals surface area contributed by atoms with Gasteiger partial charge in [0.2, 0.25) is 5.91 Å². The number of rotatable bonds is 5. The zero-order valence-electron chi connectivity index (χ0n) is 11.9. The highest BCUT2D eigenvalue weighted by molar-refractivity contribution is 5.78. The second-order valence-electron chi connectivity index (χ2n) is 6.38. The molecule has 2 N–H and O–H groups in total. The predicted molar refractivity (Wildman–Crippen MR) is 73.4 cm³/mol. The number of fused-ring (bicyclic) bond motifs is 2. The van der Waals surface area contributed by atoms with E-state index < -0.39 is 0 Å². The first-order valence-corrected chi connectivity index (χ1v) is 7.27. The maximum Gasteiger partial charge on any atom is 0.234 e. The van der Waals surface area contributed by atoms with Gasteiger partial charge in [0.15, 0.2) is 0 Å². The molecule has 2 rings (SSSR count). The van der Waals surface area contributed by atoms with Crippen LogP contribution in [0.1, 0.15) is 39.5 Å². The maximum absolute atomic E-state index is 11.8. The van der Waals surface area contributed by atoms with Crippen molar-refractivity contribution in [3.8, 4) is 0 Å². The summed E-state index contributed by atoms with van der Waals surface area (Å²) in [5.41, 5.74) is 0. The van der Waals surface area contributed by atoms with Crippen LogP contribution < -0.4 is 10.6 Å².